The summed E-state index contributed by atoms with van der Waals surface area (Å²) < 4.78 is 53.1. The Kier molecular flexibility index (Phi) is 16.3. The SMILES string of the molecule is CC[C@H]1OC(=O)[C@@](C)(F)C(=O)[C@H](C)[C@@H](OC2OC(COC(=O)c3ccccc3)CC(N(C)C)C2O)[C@@](C)(OC)C[C@@H](C)C(=O)[C@H](C)[C@H]2N(CCCCN=[N+]=[N-])C(=O)O[C@]12C. The molecule has 1 aromatic rings. The van der Waals surface area contributed by atoms with Gasteiger partial charge in [-0.2, -0.15) is 0 Å². The Morgan fingerprint density at radius 1 is 1.08 bits per heavy atom. The number of ketones is 2. The van der Waals surface area contributed by atoms with Gasteiger partial charge in [0.15, 0.2) is 17.7 Å². The number of aliphatic hydroxyl groups excluding tert-OH is 1. The zero-order chi connectivity index (χ0) is 44.7. The number of hydrogen-bond donors (Lipinski definition) is 1. The number of carbonyl (C=O) groups is 5. The molecule has 4 unspecified atom stereocenters. The van der Waals surface area contributed by atoms with E-state index in [1.54, 1.807) is 77.0 Å². The first kappa shape index (κ1) is 48.5. The third-order valence-corrected chi connectivity index (χ3v) is 12.5. The number of esters is 2. The van der Waals surface area contributed by atoms with Crippen LogP contribution in [0.5, 0.6) is 0 Å². The fourth-order valence-corrected chi connectivity index (χ4v) is 9.05. The highest BCUT2D eigenvalue weighted by atomic mass is 19.1. The number of benzene rings is 1. The lowest BCUT2D eigenvalue weighted by Gasteiger charge is -2.47. The molecule has 18 heteroatoms. The van der Waals surface area contributed by atoms with Crippen LogP contribution >= 0.6 is 0 Å². The van der Waals surface area contributed by atoms with Crippen molar-refractivity contribution in [3.63, 3.8) is 0 Å². The number of carbonyl (C=O) groups excluding carboxylic acids is 5. The van der Waals surface area contributed by atoms with Crippen molar-refractivity contribution < 1.29 is 61.9 Å². The number of hydrogen-bond acceptors (Lipinski definition) is 14. The lowest BCUT2D eigenvalue weighted by atomic mass is 9.73. The third-order valence-electron chi connectivity index (χ3n) is 12.5. The minimum absolute atomic E-state index is 0.0340. The van der Waals surface area contributed by atoms with E-state index >= 15 is 4.39 Å². The number of likely N-dealkylation sites (N-methyl/N-ethyl adjacent to an activating group) is 1. The number of unbranched alkanes of at least 4 members (excludes halogenated alkanes) is 1. The Morgan fingerprint density at radius 3 is 2.35 bits per heavy atom. The van der Waals surface area contributed by atoms with Gasteiger partial charge in [-0.1, -0.05) is 51.0 Å². The van der Waals surface area contributed by atoms with Gasteiger partial charge in [0.2, 0.25) is 0 Å². The number of amides is 1. The van der Waals surface area contributed by atoms with Crippen LogP contribution in [0.25, 0.3) is 10.4 Å². The van der Waals surface area contributed by atoms with Crippen molar-refractivity contribution in [3.05, 3.63) is 46.3 Å². The van der Waals surface area contributed by atoms with Gasteiger partial charge < -0.3 is 43.3 Å². The van der Waals surface area contributed by atoms with E-state index in [9.17, 15) is 29.1 Å². The predicted octanol–water partition coefficient (Wildman–Crippen LogP) is 5.21. The zero-order valence-electron chi connectivity index (χ0n) is 36.4. The highest BCUT2D eigenvalue weighted by molar-refractivity contribution is 6.08. The quantitative estimate of drug-likeness (QED) is 0.0514. The van der Waals surface area contributed by atoms with E-state index < -0.39 is 101 Å². The summed E-state index contributed by atoms with van der Waals surface area (Å²) in [6, 6.07) is 6.79. The molecule has 1 aromatic carbocycles. The van der Waals surface area contributed by atoms with E-state index in [2.05, 4.69) is 10.0 Å². The van der Waals surface area contributed by atoms with Gasteiger partial charge >= 0.3 is 18.0 Å². The Bertz CT molecular complexity index is 1750. The Balaban J connectivity index is 1.75. The fourth-order valence-electron chi connectivity index (χ4n) is 9.05. The number of nitrogens with zero attached hydrogens (tertiary/aromatic N) is 5. The first-order valence-corrected chi connectivity index (χ1v) is 20.6. The van der Waals surface area contributed by atoms with Crippen molar-refractivity contribution in [3.8, 4) is 0 Å². The fraction of sp³-hybridized carbons (Fsp3) is 0.738. The lowest BCUT2D eigenvalue weighted by Crippen LogP contribution is -2.62. The largest absolute Gasteiger partial charge is 0.459 e. The zero-order valence-corrected chi connectivity index (χ0v) is 36.4. The van der Waals surface area contributed by atoms with E-state index in [1.165, 1.54) is 25.9 Å². The number of rotatable bonds is 13. The van der Waals surface area contributed by atoms with Gasteiger partial charge in [0.05, 0.1) is 29.4 Å². The van der Waals surface area contributed by atoms with Gasteiger partial charge in [-0.3, -0.25) is 9.59 Å². The van der Waals surface area contributed by atoms with Crippen LogP contribution in [0, 0.1) is 17.8 Å². The van der Waals surface area contributed by atoms with Crippen LogP contribution in [-0.4, -0.2) is 145 Å². The summed E-state index contributed by atoms with van der Waals surface area (Å²) >= 11 is 0. The number of azide groups is 1. The summed E-state index contributed by atoms with van der Waals surface area (Å²) in [6.45, 7) is 10.3. The molecule has 0 radical (unpaired) electrons. The normalized spacial score (nSPS) is 36.8. The molecule has 3 saturated heterocycles. The summed E-state index contributed by atoms with van der Waals surface area (Å²) in [5.74, 6) is -6.88. The monoisotopic (exact) mass is 847 g/mol. The third kappa shape index (κ3) is 10.3. The van der Waals surface area contributed by atoms with Crippen LogP contribution in [0.3, 0.4) is 0 Å². The second-order valence-corrected chi connectivity index (χ2v) is 17.0. The molecule has 334 valence electrons. The first-order valence-electron chi connectivity index (χ1n) is 20.6. The average molecular weight is 848 g/mol. The molecule has 60 heavy (non-hydrogen) atoms. The smallest absolute Gasteiger partial charge is 0.410 e. The second-order valence-electron chi connectivity index (χ2n) is 17.0. The molecular formula is C42H62FN5O12. The minimum atomic E-state index is -3.26. The molecule has 0 spiro atoms. The van der Waals surface area contributed by atoms with E-state index in [4.69, 9.17) is 34.0 Å². The van der Waals surface area contributed by atoms with E-state index in [0.29, 0.717) is 18.4 Å². The molecule has 1 N–H and O–H groups in total. The molecule has 3 heterocycles. The van der Waals surface area contributed by atoms with Crippen molar-refractivity contribution >= 4 is 29.6 Å². The summed E-state index contributed by atoms with van der Waals surface area (Å²) in [4.78, 5) is 75.2. The maximum atomic E-state index is 17.0. The Hall–Kier alpha value is -4.19. The molecule has 0 aliphatic carbocycles. The van der Waals surface area contributed by atoms with Crippen LogP contribution in [0.1, 0.15) is 90.9 Å². The van der Waals surface area contributed by atoms with Gasteiger partial charge in [-0.05, 0) is 84.6 Å². The molecule has 3 aliphatic rings. The highest BCUT2D eigenvalue weighted by Crippen LogP contribution is 2.43. The van der Waals surface area contributed by atoms with Crippen LogP contribution in [0.2, 0.25) is 0 Å². The maximum absolute atomic E-state index is 17.0. The molecule has 17 nitrogen and oxygen atoms in total. The van der Waals surface area contributed by atoms with Crippen LogP contribution < -0.4 is 0 Å². The predicted molar refractivity (Wildman–Crippen MR) is 214 cm³/mol. The minimum Gasteiger partial charge on any atom is -0.459 e. The molecule has 3 aliphatic heterocycles. The van der Waals surface area contributed by atoms with Gasteiger partial charge in [-0.25, -0.2) is 18.8 Å². The Morgan fingerprint density at radius 2 is 1.75 bits per heavy atom. The van der Waals surface area contributed by atoms with Crippen LogP contribution in [0.4, 0.5) is 9.18 Å². The number of fused-ring (bicyclic) bond motifs is 1. The van der Waals surface area contributed by atoms with Crippen LogP contribution in [0.15, 0.2) is 35.4 Å². The van der Waals surface area contributed by atoms with Crippen LogP contribution in [-0.2, 0) is 42.8 Å². The number of ether oxygens (including phenoxy) is 6. The van der Waals surface area contributed by atoms with Crippen molar-refractivity contribution in [1.29, 1.82) is 0 Å². The van der Waals surface area contributed by atoms with Gasteiger partial charge in [0, 0.05) is 48.9 Å². The average Bonchev–Trinajstić information content (AvgIpc) is 3.48. The van der Waals surface area contributed by atoms with E-state index in [0.717, 1.165) is 6.92 Å². The molecular weight excluding hydrogens is 785 g/mol. The first-order chi connectivity index (χ1) is 28.2. The molecule has 0 bridgehead atoms. The molecule has 0 saturated carbocycles. The van der Waals surface area contributed by atoms with Crippen molar-refractivity contribution in [2.75, 3.05) is 40.9 Å². The molecule has 4 rings (SSSR count). The summed E-state index contributed by atoms with van der Waals surface area (Å²) in [7, 11) is 4.83. The molecule has 1 amide bonds. The number of halogens is 1. The number of aliphatic hydroxyl groups is 1. The summed E-state index contributed by atoms with van der Waals surface area (Å²) in [5.41, 5.74) is 2.55. The maximum Gasteiger partial charge on any atom is 0.410 e. The van der Waals surface area contributed by atoms with Gasteiger partial charge in [-0.15, -0.1) is 0 Å². The van der Waals surface area contributed by atoms with E-state index in [-0.39, 0.29) is 44.7 Å². The van der Waals surface area contributed by atoms with Crippen molar-refractivity contribution in [2.24, 2.45) is 22.9 Å². The Labute approximate surface area is 351 Å². The molecule has 3 fully saturated rings. The van der Waals surface area contributed by atoms with E-state index in [1.807, 2.05) is 0 Å². The summed E-state index contributed by atoms with van der Waals surface area (Å²) in [5, 5.41) is 15.2. The molecule has 0 aromatic heterocycles. The highest BCUT2D eigenvalue weighted by Gasteiger charge is 2.61. The van der Waals surface area contributed by atoms with Gasteiger partial charge in [0.1, 0.15) is 24.6 Å². The van der Waals surface area contributed by atoms with Gasteiger partial charge in [0.25, 0.3) is 5.67 Å². The lowest BCUT2D eigenvalue weighted by molar-refractivity contribution is -0.300. The number of cyclic esters (lactones) is 1. The number of alkyl halides is 1. The summed E-state index contributed by atoms with van der Waals surface area (Å²) in [6.07, 6.45) is -6.12. The number of Topliss-reactive ketones (excluding diaryl/α,β-unsaturated/α-hetero) is 2. The topological polar surface area (TPSA) is 216 Å². The second kappa shape index (κ2) is 20.1. The van der Waals surface area contributed by atoms with Crippen molar-refractivity contribution in [1.82, 2.24) is 9.80 Å². The number of methoxy groups -OCH3 is 1. The van der Waals surface area contributed by atoms with Crippen molar-refractivity contribution in [2.45, 2.75) is 140 Å². The molecule has 13 atom stereocenters. The standard InChI is InChI=1S/C42H62FN5O12/c1-11-30-42(7)33(48(39(54)60-42)20-16-15-19-45-46-44)25(3)31(49)24(2)22-40(5,55-10)35(26(4)34(51)41(6,43)38(53)58-30)59-37-32(50)29(47(8)9)21-28(57-37)23-56-36(52)27-17-13-12-14-18-27/h12-14,17-18,24-26,28-30,32-33,35,37,50H,11,15-16,19-23H2,1-10H3/t24-,25+,26+,28?,29?,30-,32?,33-,35-,37?,40+,41+,42-/m1/s1.